The van der Waals surface area contributed by atoms with Crippen molar-refractivity contribution in [3.63, 3.8) is 0 Å². The fraction of sp³-hybridized carbons (Fsp3) is 0.400. The molecule has 3 nitrogen and oxygen atoms in total. The fourth-order valence-electron chi connectivity index (χ4n) is 2.77. The lowest BCUT2D eigenvalue weighted by Crippen LogP contribution is -2.07. The highest BCUT2D eigenvalue weighted by molar-refractivity contribution is 5.39. The Bertz CT molecular complexity index is 543. The van der Waals surface area contributed by atoms with Gasteiger partial charge in [-0.1, -0.05) is 18.2 Å². The minimum absolute atomic E-state index is 0.473. The number of fused-ring (bicyclic) bond motifs is 1. The molecule has 0 spiro atoms. The first-order chi connectivity index (χ1) is 8.77. The number of nitrogens with zero attached hydrogens (tertiary/aromatic N) is 2. The number of aryl methyl sites for hydroxylation is 1. The van der Waals surface area contributed by atoms with E-state index in [0.717, 1.165) is 24.2 Å². The summed E-state index contributed by atoms with van der Waals surface area (Å²) in [4.78, 5) is 0. The molecule has 1 aromatic carbocycles. The quantitative estimate of drug-likeness (QED) is 0.879. The molecule has 1 heterocycles. The Balaban J connectivity index is 2.17. The van der Waals surface area contributed by atoms with E-state index in [4.69, 9.17) is 5.10 Å². The van der Waals surface area contributed by atoms with Gasteiger partial charge in [-0.15, -0.1) is 0 Å². The Morgan fingerprint density at radius 2 is 1.89 bits per heavy atom. The van der Waals surface area contributed by atoms with E-state index in [0.29, 0.717) is 0 Å². The second-order valence-corrected chi connectivity index (χ2v) is 4.94. The molecule has 1 N–H and O–H groups in total. The Labute approximate surface area is 107 Å². The molecule has 1 aromatic heterocycles. The summed E-state index contributed by atoms with van der Waals surface area (Å²) in [6, 6.07) is 10.1. The third-order valence-electron chi connectivity index (χ3n) is 3.59. The summed E-state index contributed by atoms with van der Waals surface area (Å²) in [6.07, 6.45) is 4.02. The molecule has 1 unspecified atom stereocenters. The molecule has 0 aliphatic heterocycles. The van der Waals surface area contributed by atoms with Gasteiger partial charge in [0, 0.05) is 0 Å². The molecule has 0 radical (unpaired) electrons. The first-order valence-corrected chi connectivity index (χ1v) is 6.61. The largest absolute Gasteiger partial charge is 0.387 e. The van der Waals surface area contributed by atoms with Crippen LogP contribution >= 0.6 is 0 Å². The van der Waals surface area contributed by atoms with Crippen molar-refractivity contribution in [3.05, 3.63) is 47.3 Å². The second kappa shape index (κ2) is 4.58. The van der Waals surface area contributed by atoms with Crippen molar-refractivity contribution in [1.82, 2.24) is 9.78 Å². The lowest BCUT2D eigenvalue weighted by molar-refractivity contribution is 0.190. The van der Waals surface area contributed by atoms with Gasteiger partial charge in [0.2, 0.25) is 0 Å². The van der Waals surface area contributed by atoms with Crippen LogP contribution < -0.4 is 0 Å². The summed E-state index contributed by atoms with van der Waals surface area (Å²) in [7, 11) is 0. The van der Waals surface area contributed by atoms with Crippen LogP contribution in [0.1, 0.15) is 42.8 Å². The molecule has 18 heavy (non-hydrogen) atoms. The van der Waals surface area contributed by atoms with Crippen LogP contribution in [0.25, 0.3) is 5.69 Å². The summed E-state index contributed by atoms with van der Waals surface area (Å²) in [5.41, 5.74) is 4.43. The number of aromatic nitrogens is 2. The van der Waals surface area contributed by atoms with Crippen LogP contribution in [0, 0.1) is 0 Å². The zero-order valence-electron chi connectivity index (χ0n) is 10.6. The molecular weight excluding hydrogens is 224 g/mol. The highest BCUT2D eigenvalue weighted by Crippen LogP contribution is 2.29. The van der Waals surface area contributed by atoms with Crippen molar-refractivity contribution in [2.24, 2.45) is 0 Å². The number of para-hydroxylation sites is 1. The number of aliphatic hydroxyl groups excluding tert-OH is 1. The number of rotatable bonds is 2. The van der Waals surface area contributed by atoms with Crippen molar-refractivity contribution in [2.45, 2.75) is 38.7 Å². The lowest BCUT2D eigenvalue weighted by atomic mass is 9.94. The maximum atomic E-state index is 10.0. The van der Waals surface area contributed by atoms with E-state index in [1.54, 1.807) is 0 Å². The normalized spacial score (nSPS) is 16.3. The molecule has 0 amide bonds. The standard InChI is InChI=1S/C15H18N2O/c1-11(18)15-13-9-5-6-10-14(13)16-17(15)12-7-3-2-4-8-12/h2-4,7-8,11,18H,5-6,9-10H2,1H3. The fourth-order valence-corrected chi connectivity index (χ4v) is 2.77. The average molecular weight is 242 g/mol. The van der Waals surface area contributed by atoms with Crippen molar-refractivity contribution in [2.75, 3.05) is 0 Å². The molecule has 0 fully saturated rings. The molecule has 0 saturated carbocycles. The smallest absolute Gasteiger partial charge is 0.0936 e. The molecule has 94 valence electrons. The Morgan fingerprint density at radius 3 is 2.61 bits per heavy atom. The minimum atomic E-state index is -0.473. The number of benzene rings is 1. The highest BCUT2D eigenvalue weighted by Gasteiger charge is 2.23. The Morgan fingerprint density at radius 1 is 1.17 bits per heavy atom. The zero-order valence-corrected chi connectivity index (χ0v) is 10.6. The monoisotopic (exact) mass is 242 g/mol. The SMILES string of the molecule is CC(O)c1c2c(nn1-c1ccccc1)CCCC2. The molecule has 2 aromatic rings. The molecule has 3 heteroatoms. The van der Waals surface area contributed by atoms with Crippen molar-refractivity contribution in [1.29, 1.82) is 0 Å². The van der Waals surface area contributed by atoms with Crippen molar-refractivity contribution >= 4 is 0 Å². The van der Waals surface area contributed by atoms with E-state index in [1.807, 2.05) is 41.9 Å². The molecule has 0 bridgehead atoms. The third kappa shape index (κ3) is 1.85. The Kier molecular flexibility index (Phi) is 2.92. The number of hydrogen-bond donors (Lipinski definition) is 1. The summed E-state index contributed by atoms with van der Waals surface area (Å²) in [5, 5.41) is 14.7. The second-order valence-electron chi connectivity index (χ2n) is 4.94. The van der Waals surface area contributed by atoms with Crippen molar-refractivity contribution < 1.29 is 5.11 Å². The Hall–Kier alpha value is -1.61. The van der Waals surface area contributed by atoms with Crippen LogP contribution in [0.4, 0.5) is 0 Å². The predicted octanol–water partition coefficient (Wildman–Crippen LogP) is 2.80. The van der Waals surface area contributed by atoms with Gasteiger partial charge in [-0.05, 0) is 50.3 Å². The molecule has 0 saturated heterocycles. The van der Waals surface area contributed by atoms with Gasteiger partial charge in [-0.25, -0.2) is 4.68 Å². The highest BCUT2D eigenvalue weighted by atomic mass is 16.3. The van der Waals surface area contributed by atoms with Gasteiger partial charge >= 0.3 is 0 Å². The van der Waals surface area contributed by atoms with Crippen LogP contribution in [0.5, 0.6) is 0 Å². The van der Waals surface area contributed by atoms with Crippen LogP contribution in [-0.4, -0.2) is 14.9 Å². The number of hydrogen-bond acceptors (Lipinski definition) is 2. The molecule has 1 aliphatic rings. The first-order valence-electron chi connectivity index (χ1n) is 6.61. The van der Waals surface area contributed by atoms with E-state index in [2.05, 4.69) is 0 Å². The maximum Gasteiger partial charge on any atom is 0.0936 e. The third-order valence-corrected chi connectivity index (χ3v) is 3.59. The van der Waals surface area contributed by atoms with E-state index in [9.17, 15) is 5.11 Å². The van der Waals surface area contributed by atoms with Gasteiger partial charge in [-0.3, -0.25) is 0 Å². The summed E-state index contributed by atoms with van der Waals surface area (Å²) >= 11 is 0. The van der Waals surface area contributed by atoms with Gasteiger partial charge in [0.25, 0.3) is 0 Å². The molecule has 3 rings (SSSR count). The van der Waals surface area contributed by atoms with Crippen molar-refractivity contribution in [3.8, 4) is 5.69 Å². The minimum Gasteiger partial charge on any atom is -0.387 e. The molecule has 1 atom stereocenters. The number of aliphatic hydroxyl groups is 1. The van der Waals surface area contributed by atoms with Crippen LogP contribution in [0.15, 0.2) is 30.3 Å². The van der Waals surface area contributed by atoms with E-state index in [-0.39, 0.29) is 0 Å². The van der Waals surface area contributed by atoms with E-state index in [1.165, 1.54) is 24.1 Å². The molecular formula is C15H18N2O. The molecule has 1 aliphatic carbocycles. The maximum absolute atomic E-state index is 10.0. The summed E-state index contributed by atoms with van der Waals surface area (Å²) in [6.45, 7) is 1.82. The topological polar surface area (TPSA) is 38.1 Å². The van der Waals surface area contributed by atoms with Crippen LogP contribution in [-0.2, 0) is 12.8 Å². The van der Waals surface area contributed by atoms with E-state index < -0.39 is 6.10 Å². The van der Waals surface area contributed by atoms with Crippen LogP contribution in [0.2, 0.25) is 0 Å². The van der Waals surface area contributed by atoms with Gasteiger partial charge in [0.1, 0.15) is 0 Å². The van der Waals surface area contributed by atoms with Gasteiger partial charge in [0.15, 0.2) is 0 Å². The first kappa shape index (κ1) is 11.5. The summed E-state index contributed by atoms with van der Waals surface area (Å²) in [5.74, 6) is 0. The zero-order chi connectivity index (χ0) is 12.5. The van der Waals surface area contributed by atoms with Gasteiger partial charge in [0.05, 0.1) is 23.2 Å². The average Bonchev–Trinajstić information content (AvgIpc) is 2.79. The van der Waals surface area contributed by atoms with E-state index >= 15 is 0 Å². The predicted molar refractivity (Wildman–Crippen MR) is 70.8 cm³/mol. The summed E-state index contributed by atoms with van der Waals surface area (Å²) < 4.78 is 1.92. The van der Waals surface area contributed by atoms with Gasteiger partial charge < -0.3 is 5.11 Å². The van der Waals surface area contributed by atoms with Crippen LogP contribution in [0.3, 0.4) is 0 Å². The lowest BCUT2D eigenvalue weighted by Gasteiger charge is -2.14. The van der Waals surface area contributed by atoms with Gasteiger partial charge in [-0.2, -0.15) is 5.10 Å².